The molecule has 112 valence electrons. The molecule has 0 N–H and O–H groups in total. The number of Topliss-reactive ketones (excluding diaryl/α,β-unsaturated/α-hetero) is 1. The highest BCUT2D eigenvalue weighted by atomic mass is 16.1. The van der Waals surface area contributed by atoms with Crippen molar-refractivity contribution < 1.29 is 4.79 Å². The van der Waals surface area contributed by atoms with Crippen LogP contribution in [0, 0.1) is 6.92 Å². The number of ketones is 1. The Hall–Kier alpha value is -1.16. The van der Waals surface area contributed by atoms with Crippen LogP contribution in [0.2, 0.25) is 0 Å². The number of rotatable bonds is 5. The second-order valence-corrected chi connectivity index (χ2v) is 5.97. The second kappa shape index (κ2) is 7.02. The van der Waals surface area contributed by atoms with Crippen molar-refractivity contribution in [3.05, 3.63) is 17.5 Å². The fraction of sp³-hybridized carbons (Fsp3) is 0.750. The number of carbonyl (C=O) groups is 1. The Bertz CT molecular complexity index is 453. The minimum atomic E-state index is 0.307. The maximum atomic E-state index is 11.5. The summed E-state index contributed by atoms with van der Waals surface area (Å²) in [5.74, 6) is 0.307. The van der Waals surface area contributed by atoms with E-state index in [1.807, 2.05) is 6.92 Å². The molecule has 1 aromatic rings. The first-order chi connectivity index (χ1) is 9.60. The molecule has 20 heavy (non-hydrogen) atoms. The molecule has 0 radical (unpaired) electrons. The molecule has 0 aliphatic carbocycles. The zero-order chi connectivity index (χ0) is 14.5. The van der Waals surface area contributed by atoms with Crippen LogP contribution in [0.4, 0.5) is 0 Å². The third kappa shape index (κ3) is 3.92. The lowest BCUT2D eigenvalue weighted by molar-refractivity contribution is -0.118. The summed E-state index contributed by atoms with van der Waals surface area (Å²) in [6.07, 6.45) is 5.63. The van der Waals surface area contributed by atoms with Gasteiger partial charge >= 0.3 is 0 Å². The van der Waals surface area contributed by atoms with E-state index in [1.54, 1.807) is 6.92 Å². The van der Waals surface area contributed by atoms with Gasteiger partial charge in [0.15, 0.2) is 0 Å². The summed E-state index contributed by atoms with van der Waals surface area (Å²) < 4.78 is 2.09. The van der Waals surface area contributed by atoms with Crippen LogP contribution >= 0.6 is 0 Å². The zero-order valence-corrected chi connectivity index (χ0v) is 13.1. The molecule has 1 aliphatic heterocycles. The average Bonchev–Trinajstić information content (AvgIpc) is 2.60. The van der Waals surface area contributed by atoms with Gasteiger partial charge in [0.05, 0.1) is 11.4 Å². The number of likely N-dealkylation sites (tertiary alicyclic amines) is 1. The number of hydrogen-bond donors (Lipinski definition) is 0. The lowest BCUT2D eigenvalue weighted by atomic mass is 10.0. The fourth-order valence-electron chi connectivity index (χ4n) is 3.22. The maximum Gasteiger partial charge on any atom is 0.131 e. The van der Waals surface area contributed by atoms with E-state index in [1.165, 1.54) is 25.0 Å². The van der Waals surface area contributed by atoms with Crippen LogP contribution < -0.4 is 0 Å². The molecule has 0 amide bonds. The Morgan fingerprint density at radius 2 is 2.20 bits per heavy atom. The summed E-state index contributed by atoms with van der Waals surface area (Å²) >= 11 is 0. The average molecular weight is 277 g/mol. The van der Waals surface area contributed by atoms with Gasteiger partial charge in [-0.1, -0.05) is 12.8 Å². The Labute approximate surface area is 122 Å². The highest BCUT2D eigenvalue weighted by Gasteiger charge is 2.23. The van der Waals surface area contributed by atoms with E-state index in [0.29, 0.717) is 18.2 Å². The molecule has 1 atom stereocenters. The molecule has 2 rings (SSSR count). The molecule has 1 saturated heterocycles. The van der Waals surface area contributed by atoms with Crippen molar-refractivity contribution in [2.75, 3.05) is 6.54 Å². The molecule has 1 unspecified atom stereocenters. The minimum Gasteiger partial charge on any atom is -0.300 e. The number of aromatic nitrogens is 2. The summed E-state index contributed by atoms with van der Waals surface area (Å²) in [4.78, 5) is 14.0. The number of aryl methyl sites for hydroxylation is 2. The summed E-state index contributed by atoms with van der Waals surface area (Å²) in [5, 5.41) is 4.53. The molecule has 0 bridgehead atoms. The predicted octanol–water partition coefficient (Wildman–Crippen LogP) is 2.94. The van der Waals surface area contributed by atoms with Gasteiger partial charge in [0.2, 0.25) is 0 Å². The van der Waals surface area contributed by atoms with Crippen LogP contribution in [0.15, 0.2) is 6.07 Å². The van der Waals surface area contributed by atoms with Crippen molar-refractivity contribution in [1.82, 2.24) is 14.7 Å². The molecule has 1 aromatic heterocycles. The van der Waals surface area contributed by atoms with Gasteiger partial charge in [-0.2, -0.15) is 5.10 Å². The fourth-order valence-corrected chi connectivity index (χ4v) is 3.22. The highest BCUT2D eigenvalue weighted by molar-refractivity contribution is 5.76. The van der Waals surface area contributed by atoms with E-state index in [4.69, 9.17) is 0 Å². The van der Waals surface area contributed by atoms with Gasteiger partial charge in [0.1, 0.15) is 5.78 Å². The molecule has 4 heteroatoms. The minimum absolute atomic E-state index is 0.307. The summed E-state index contributed by atoms with van der Waals surface area (Å²) in [6.45, 7) is 8.83. The quantitative estimate of drug-likeness (QED) is 0.830. The molecule has 1 aliphatic rings. The van der Waals surface area contributed by atoms with Gasteiger partial charge in [0, 0.05) is 25.6 Å². The van der Waals surface area contributed by atoms with Crippen molar-refractivity contribution in [3.63, 3.8) is 0 Å². The molecule has 0 saturated carbocycles. The van der Waals surface area contributed by atoms with Gasteiger partial charge in [-0.15, -0.1) is 0 Å². The lowest BCUT2D eigenvalue weighted by Gasteiger charge is -2.29. The predicted molar refractivity (Wildman–Crippen MR) is 80.6 cm³/mol. The van der Waals surface area contributed by atoms with E-state index < -0.39 is 0 Å². The monoisotopic (exact) mass is 277 g/mol. The van der Waals surface area contributed by atoms with Crippen LogP contribution in [-0.4, -0.2) is 33.1 Å². The second-order valence-electron chi connectivity index (χ2n) is 5.97. The third-order valence-electron chi connectivity index (χ3n) is 4.17. The van der Waals surface area contributed by atoms with Crippen molar-refractivity contribution in [1.29, 1.82) is 0 Å². The Morgan fingerprint density at radius 3 is 2.90 bits per heavy atom. The maximum absolute atomic E-state index is 11.5. The van der Waals surface area contributed by atoms with Crippen LogP contribution in [0.25, 0.3) is 0 Å². The largest absolute Gasteiger partial charge is 0.300 e. The normalized spacial score (nSPS) is 20.9. The molecule has 0 spiro atoms. The number of carbonyl (C=O) groups excluding carboxylic acids is 1. The third-order valence-corrected chi connectivity index (χ3v) is 4.17. The van der Waals surface area contributed by atoms with Crippen molar-refractivity contribution in [2.24, 2.45) is 0 Å². The van der Waals surface area contributed by atoms with Crippen molar-refractivity contribution in [3.8, 4) is 0 Å². The topological polar surface area (TPSA) is 38.1 Å². The van der Waals surface area contributed by atoms with Crippen molar-refractivity contribution in [2.45, 2.75) is 72.0 Å². The van der Waals surface area contributed by atoms with Gasteiger partial charge in [-0.3, -0.25) is 14.4 Å². The van der Waals surface area contributed by atoms with Gasteiger partial charge in [-0.25, -0.2) is 0 Å². The summed E-state index contributed by atoms with van der Waals surface area (Å²) in [5.41, 5.74) is 2.36. The highest BCUT2D eigenvalue weighted by Crippen LogP contribution is 2.22. The van der Waals surface area contributed by atoms with Crippen LogP contribution in [-0.2, 0) is 17.9 Å². The Kier molecular flexibility index (Phi) is 5.35. The van der Waals surface area contributed by atoms with E-state index in [2.05, 4.69) is 27.7 Å². The van der Waals surface area contributed by atoms with E-state index in [0.717, 1.165) is 31.7 Å². The first kappa shape index (κ1) is 15.2. The van der Waals surface area contributed by atoms with Crippen molar-refractivity contribution >= 4 is 5.78 Å². The summed E-state index contributed by atoms with van der Waals surface area (Å²) in [7, 11) is 0. The standard InChI is InChI=1S/C16H27N3O/c1-4-19-16(10-13(2)17-19)12-18-9-7-5-6-8-15(18)11-14(3)20/h10,15H,4-9,11-12H2,1-3H3. The first-order valence-electron chi connectivity index (χ1n) is 7.87. The smallest absolute Gasteiger partial charge is 0.131 e. The Balaban J connectivity index is 2.11. The Morgan fingerprint density at radius 1 is 1.40 bits per heavy atom. The van der Waals surface area contributed by atoms with E-state index >= 15 is 0 Å². The first-order valence-corrected chi connectivity index (χ1v) is 7.87. The van der Waals surface area contributed by atoms with Crippen LogP contribution in [0.1, 0.15) is 57.3 Å². The zero-order valence-electron chi connectivity index (χ0n) is 13.1. The molecule has 2 heterocycles. The number of nitrogens with zero attached hydrogens (tertiary/aromatic N) is 3. The molecule has 0 aromatic carbocycles. The molecule has 1 fully saturated rings. The van der Waals surface area contributed by atoms with Crippen LogP contribution in [0.5, 0.6) is 0 Å². The van der Waals surface area contributed by atoms with Crippen LogP contribution in [0.3, 0.4) is 0 Å². The molecular formula is C16H27N3O. The van der Waals surface area contributed by atoms with Gasteiger partial charge in [-0.05, 0) is 46.2 Å². The lowest BCUT2D eigenvalue weighted by Crippen LogP contribution is -2.36. The van der Waals surface area contributed by atoms with Gasteiger partial charge in [0.25, 0.3) is 0 Å². The number of hydrogen-bond acceptors (Lipinski definition) is 3. The van der Waals surface area contributed by atoms with E-state index in [9.17, 15) is 4.79 Å². The molecular weight excluding hydrogens is 250 g/mol. The van der Waals surface area contributed by atoms with Gasteiger partial charge < -0.3 is 0 Å². The SMILES string of the molecule is CCn1nc(C)cc1CN1CCCCCC1CC(C)=O. The van der Waals surface area contributed by atoms with E-state index in [-0.39, 0.29) is 0 Å². The summed E-state index contributed by atoms with van der Waals surface area (Å²) in [6, 6.07) is 2.59. The molecule has 4 nitrogen and oxygen atoms in total.